The second-order valence-electron chi connectivity index (χ2n) is 8.84. The van der Waals surface area contributed by atoms with Gasteiger partial charge < -0.3 is 20.4 Å². The molecule has 1 aliphatic carbocycles. The summed E-state index contributed by atoms with van der Waals surface area (Å²) in [4.78, 5) is 22.3. The quantitative estimate of drug-likeness (QED) is 0.387. The third-order valence-electron chi connectivity index (χ3n) is 6.05. The Morgan fingerprint density at radius 3 is 2.58 bits per heavy atom. The lowest BCUT2D eigenvalue weighted by Gasteiger charge is -2.16. The van der Waals surface area contributed by atoms with Gasteiger partial charge in [-0.3, -0.25) is 4.79 Å². The number of imidazole rings is 1. The van der Waals surface area contributed by atoms with E-state index in [0.717, 1.165) is 19.1 Å². The number of sulfone groups is 1. The van der Waals surface area contributed by atoms with Crippen LogP contribution < -0.4 is 10.6 Å². The molecule has 1 aromatic carbocycles. The fraction of sp³-hybridized carbons (Fsp3) is 0.409. The van der Waals surface area contributed by atoms with Crippen LogP contribution in [0.25, 0.3) is 11.2 Å². The molecular weight excluding hydrogens is 506 g/mol. The van der Waals surface area contributed by atoms with E-state index >= 15 is 0 Å². The number of hydrogen-bond donors (Lipinski definition) is 3. The van der Waals surface area contributed by atoms with Crippen LogP contribution in [0.1, 0.15) is 43.2 Å². The monoisotopic (exact) mass is 527 g/mol. The molecule has 5 rings (SSSR count). The van der Waals surface area contributed by atoms with Crippen LogP contribution in [0.3, 0.4) is 0 Å². The number of ether oxygens (including phenoxy) is 1. The van der Waals surface area contributed by atoms with Gasteiger partial charge in [0.05, 0.1) is 22.4 Å². The first kappa shape index (κ1) is 24.4. The molecular formula is C22H21F4N5O4S. The molecule has 1 unspecified atom stereocenters. The Labute approximate surface area is 202 Å². The third kappa shape index (κ3) is 4.74. The Hall–Kier alpha value is -3.26. The highest BCUT2D eigenvalue weighted by atomic mass is 32.2. The van der Waals surface area contributed by atoms with E-state index < -0.39 is 46.3 Å². The van der Waals surface area contributed by atoms with Crippen molar-refractivity contribution in [2.45, 2.75) is 42.6 Å². The molecule has 3 heterocycles. The van der Waals surface area contributed by atoms with Gasteiger partial charge in [-0.15, -0.1) is 0 Å². The van der Waals surface area contributed by atoms with E-state index in [9.17, 15) is 30.8 Å². The van der Waals surface area contributed by atoms with E-state index in [1.165, 1.54) is 18.2 Å². The van der Waals surface area contributed by atoms with Crippen molar-refractivity contribution in [1.29, 1.82) is 0 Å². The van der Waals surface area contributed by atoms with Gasteiger partial charge in [0.2, 0.25) is 5.91 Å². The second kappa shape index (κ2) is 8.69. The smallest absolute Gasteiger partial charge is 0.295 e. The first-order valence-electron chi connectivity index (χ1n) is 11.0. The molecule has 3 aromatic rings. The molecule has 1 saturated carbocycles. The fourth-order valence-corrected chi connectivity index (χ4v) is 4.99. The number of aromatic amines is 1. The maximum absolute atomic E-state index is 13.3. The summed E-state index contributed by atoms with van der Waals surface area (Å²) in [6.45, 7) is 0.570. The molecule has 9 nitrogen and oxygen atoms in total. The second-order valence-corrected chi connectivity index (χ2v) is 10.8. The molecule has 0 bridgehead atoms. The first-order chi connectivity index (χ1) is 16.9. The van der Waals surface area contributed by atoms with Gasteiger partial charge in [-0.05, 0) is 30.5 Å². The number of nitrogens with zero attached hydrogens (tertiary/aromatic N) is 2. The van der Waals surface area contributed by atoms with Gasteiger partial charge in [0.1, 0.15) is 17.3 Å². The molecule has 1 saturated heterocycles. The number of carbonyl (C=O) groups is 1. The largest absolute Gasteiger partial charge is 0.374 e. The number of anilines is 3. The summed E-state index contributed by atoms with van der Waals surface area (Å²) in [6, 6.07) is 5.91. The number of amides is 1. The Morgan fingerprint density at radius 2 is 1.97 bits per heavy atom. The average molecular weight is 528 g/mol. The van der Waals surface area contributed by atoms with Crippen LogP contribution in [0.2, 0.25) is 0 Å². The topological polar surface area (TPSA) is 126 Å². The summed E-state index contributed by atoms with van der Waals surface area (Å²) in [5.41, 5.74) is 0.638. The van der Waals surface area contributed by atoms with Crippen molar-refractivity contribution in [3.05, 3.63) is 35.7 Å². The number of hydrogen-bond acceptors (Lipinski definition) is 7. The van der Waals surface area contributed by atoms with Gasteiger partial charge in [-0.1, -0.05) is 6.07 Å². The summed E-state index contributed by atoms with van der Waals surface area (Å²) < 4.78 is 84.0. The highest BCUT2D eigenvalue weighted by Gasteiger charge is 2.61. The summed E-state index contributed by atoms with van der Waals surface area (Å²) in [7, 11) is -3.75. The van der Waals surface area contributed by atoms with Crippen LogP contribution in [0.15, 0.2) is 29.2 Å². The molecule has 2 aromatic heterocycles. The molecule has 14 heteroatoms. The van der Waals surface area contributed by atoms with E-state index in [2.05, 4.69) is 25.6 Å². The Bertz CT molecular complexity index is 1450. The Morgan fingerprint density at radius 1 is 1.22 bits per heavy atom. The minimum absolute atomic E-state index is 0.0378. The summed E-state index contributed by atoms with van der Waals surface area (Å²) in [5, 5.41) is 5.15. The van der Waals surface area contributed by atoms with Crippen LogP contribution in [0.4, 0.5) is 34.8 Å². The van der Waals surface area contributed by atoms with Crippen molar-refractivity contribution >= 4 is 44.1 Å². The van der Waals surface area contributed by atoms with Gasteiger partial charge in [-0.2, -0.15) is 0 Å². The van der Waals surface area contributed by atoms with Crippen LogP contribution in [-0.4, -0.2) is 48.1 Å². The molecule has 0 spiro atoms. The molecule has 192 valence electrons. The normalized spacial score (nSPS) is 21.2. The van der Waals surface area contributed by atoms with Crippen molar-refractivity contribution < 1.29 is 35.5 Å². The molecule has 36 heavy (non-hydrogen) atoms. The predicted molar refractivity (Wildman–Crippen MR) is 121 cm³/mol. The molecule has 1 aliphatic heterocycles. The number of fused-ring (bicyclic) bond motifs is 1. The number of alkyl halides is 4. The van der Waals surface area contributed by atoms with Gasteiger partial charge in [-0.25, -0.2) is 35.9 Å². The molecule has 2 fully saturated rings. The summed E-state index contributed by atoms with van der Waals surface area (Å²) >= 11 is 0. The van der Waals surface area contributed by atoms with Crippen LogP contribution in [0, 0.1) is 5.92 Å². The Balaban J connectivity index is 1.55. The first-order valence-corrected chi connectivity index (χ1v) is 12.9. The van der Waals surface area contributed by atoms with Crippen molar-refractivity contribution in [1.82, 2.24) is 15.0 Å². The lowest BCUT2D eigenvalue weighted by Crippen LogP contribution is -2.18. The lowest BCUT2D eigenvalue weighted by molar-refractivity contribution is -0.119. The van der Waals surface area contributed by atoms with Crippen molar-refractivity contribution in [3.8, 4) is 0 Å². The van der Waals surface area contributed by atoms with E-state index in [-0.39, 0.29) is 39.4 Å². The number of rotatable bonds is 7. The van der Waals surface area contributed by atoms with Crippen LogP contribution >= 0.6 is 0 Å². The molecule has 3 N–H and O–H groups in total. The van der Waals surface area contributed by atoms with Gasteiger partial charge >= 0.3 is 0 Å². The van der Waals surface area contributed by atoms with Gasteiger partial charge in [0, 0.05) is 25.3 Å². The zero-order valence-corrected chi connectivity index (χ0v) is 19.6. The summed E-state index contributed by atoms with van der Waals surface area (Å²) in [6.07, 6.45) is -1.18. The van der Waals surface area contributed by atoms with E-state index in [4.69, 9.17) is 4.74 Å². The van der Waals surface area contributed by atoms with Gasteiger partial charge in [0.15, 0.2) is 21.3 Å². The molecule has 1 amide bonds. The fourth-order valence-electron chi connectivity index (χ4n) is 4.12. The number of H-pyrrole nitrogens is 1. The molecule has 2 aliphatic rings. The number of aromatic nitrogens is 3. The van der Waals surface area contributed by atoms with E-state index in [1.54, 1.807) is 6.07 Å². The van der Waals surface area contributed by atoms with Crippen molar-refractivity contribution in [2.24, 2.45) is 5.92 Å². The van der Waals surface area contributed by atoms with E-state index in [1.807, 2.05) is 0 Å². The van der Waals surface area contributed by atoms with Crippen molar-refractivity contribution in [2.75, 3.05) is 23.5 Å². The minimum atomic E-state index is -3.75. The SMILES string of the molecule is CS(=O)(=O)c1cc([C@@H]2CCCO2)ccc1Nc1cc(NC(=O)C2CC2(F)F)nc2[nH]c(C(F)F)nc12. The molecule has 0 radical (unpaired) electrons. The highest BCUT2D eigenvalue weighted by Crippen LogP contribution is 2.49. The number of pyridine rings is 1. The van der Waals surface area contributed by atoms with E-state index in [0.29, 0.717) is 12.2 Å². The number of benzene rings is 1. The van der Waals surface area contributed by atoms with Gasteiger partial charge in [0.25, 0.3) is 12.3 Å². The number of nitrogens with one attached hydrogen (secondary N) is 3. The Kier molecular flexibility index (Phi) is 5.90. The number of halogens is 4. The predicted octanol–water partition coefficient (Wildman–Crippen LogP) is 4.49. The maximum Gasteiger partial charge on any atom is 0.295 e. The van der Waals surface area contributed by atoms with Crippen LogP contribution in [-0.2, 0) is 19.4 Å². The minimum Gasteiger partial charge on any atom is -0.374 e. The third-order valence-corrected chi connectivity index (χ3v) is 7.18. The zero-order chi connectivity index (χ0) is 25.8. The highest BCUT2D eigenvalue weighted by molar-refractivity contribution is 7.90. The summed E-state index contributed by atoms with van der Waals surface area (Å²) in [5.74, 6) is -6.48. The molecule has 2 atom stereocenters. The maximum atomic E-state index is 13.3. The lowest BCUT2D eigenvalue weighted by atomic mass is 10.1. The standard InChI is InChI=1S/C22H21F4N5O4S/c1-36(33,34)15-7-10(14-3-2-6-35-14)4-5-12(15)27-13-8-16(29-21(32)11-9-22(11,25)26)28-19-17(13)30-20(31-19)18(23)24/h4-5,7-8,11,14,18H,2-3,6,9H2,1H3,(H3,27,28,29,30,31,32)/t11?,14-/m0/s1. The zero-order valence-electron chi connectivity index (χ0n) is 18.8. The average Bonchev–Trinajstić information content (AvgIpc) is 3.19. The number of carbonyl (C=O) groups excluding carboxylic acids is 1. The van der Waals surface area contributed by atoms with Crippen LogP contribution in [0.5, 0.6) is 0 Å². The van der Waals surface area contributed by atoms with Crippen molar-refractivity contribution in [3.63, 3.8) is 0 Å².